The van der Waals surface area contributed by atoms with Gasteiger partial charge >= 0.3 is 13.3 Å². The Balaban J connectivity index is 0.000000469. The lowest BCUT2D eigenvalue weighted by atomic mass is 9.78. The first-order valence-corrected chi connectivity index (χ1v) is 15.1. The molecule has 1 aliphatic heterocycles. The van der Waals surface area contributed by atoms with Crippen LogP contribution in [0.2, 0.25) is 0 Å². The summed E-state index contributed by atoms with van der Waals surface area (Å²) in [5.74, 6) is -1.16. The standard InChI is InChI=1S/C20H33BN6O5.C8H7F3S/c1-20(2)14-4-3-13(11-15(14)21(31)32-20)26-17(28)12-25-19(30)16(24)5-6-18(29)27(9-7-22)10-8-23;1-12-7-4-2-6(3-5-7)8(9,10)11/h3-4,11,16,31H,5-10,12,22-24H2,1-2H3,(H,25,30)(H,26,28);2-5H,1H3. The van der Waals surface area contributed by atoms with E-state index in [-0.39, 0.29) is 25.3 Å². The average Bonchev–Trinajstić information content (AvgIpc) is 3.21. The van der Waals surface area contributed by atoms with E-state index in [9.17, 15) is 32.6 Å². The first kappa shape index (κ1) is 37.0. The number of carbonyl (C=O) groups excluding carboxylic acids is 3. The van der Waals surface area contributed by atoms with E-state index in [4.69, 9.17) is 21.9 Å². The minimum Gasteiger partial charge on any atom is -0.423 e. The van der Waals surface area contributed by atoms with Crippen LogP contribution < -0.4 is 33.3 Å². The van der Waals surface area contributed by atoms with Crippen LogP contribution in [-0.4, -0.2) is 79.8 Å². The summed E-state index contributed by atoms with van der Waals surface area (Å²) in [6.45, 7) is 4.83. The fourth-order valence-electron chi connectivity index (χ4n) is 4.32. The Hall–Kier alpha value is -3.15. The van der Waals surface area contributed by atoms with Gasteiger partial charge in [-0.1, -0.05) is 6.07 Å². The predicted molar refractivity (Wildman–Crippen MR) is 165 cm³/mol. The van der Waals surface area contributed by atoms with Crippen molar-refractivity contribution < 1.29 is 37.2 Å². The third-order valence-electron chi connectivity index (χ3n) is 6.65. The van der Waals surface area contributed by atoms with E-state index in [1.807, 2.05) is 20.1 Å². The number of halogens is 3. The molecule has 0 saturated heterocycles. The van der Waals surface area contributed by atoms with Gasteiger partial charge in [-0.3, -0.25) is 14.4 Å². The van der Waals surface area contributed by atoms with E-state index >= 15 is 0 Å². The summed E-state index contributed by atoms with van der Waals surface area (Å²) in [5.41, 5.74) is 17.5. The summed E-state index contributed by atoms with van der Waals surface area (Å²) < 4.78 is 41.5. The maximum absolute atomic E-state index is 12.2. The van der Waals surface area contributed by atoms with Crippen LogP contribution in [0, 0.1) is 0 Å². The number of rotatable bonds is 12. The Labute approximate surface area is 259 Å². The van der Waals surface area contributed by atoms with Crippen LogP contribution >= 0.6 is 11.8 Å². The lowest BCUT2D eigenvalue weighted by Crippen LogP contribution is -2.45. The molecule has 0 fully saturated rings. The quantitative estimate of drug-likeness (QED) is 0.145. The van der Waals surface area contributed by atoms with Gasteiger partial charge in [0.05, 0.1) is 23.8 Å². The SMILES string of the molecule is CC1(C)OB(O)c2cc(NC(=O)CNC(=O)C(N)CCC(=O)N(CCN)CCN)ccc21.CSc1ccc(C(F)(F)F)cc1. The van der Waals surface area contributed by atoms with Gasteiger partial charge in [-0.15, -0.1) is 11.8 Å². The number of carbonyl (C=O) groups is 3. The van der Waals surface area contributed by atoms with Crippen molar-refractivity contribution in [2.45, 2.75) is 49.4 Å². The van der Waals surface area contributed by atoms with E-state index in [0.717, 1.165) is 22.6 Å². The highest BCUT2D eigenvalue weighted by atomic mass is 32.2. The van der Waals surface area contributed by atoms with Gasteiger partial charge in [-0.2, -0.15) is 13.2 Å². The smallest absolute Gasteiger partial charge is 0.423 e. The predicted octanol–water partition coefficient (Wildman–Crippen LogP) is 0.975. The fraction of sp³-hybridized carbons (Fsp3) is 0.464. The number of nitrogens with zero attached hydrogens (tertiary/aromatic N) is 1. The molecule has 0 radical (unpaired) electrons. The molecule has 1 unspecified atom stereocenters. The number of nitrogens with two attached hydrogens (primary N) is 3. The van der Waals surface area contributed by atoms with Crippen molar-refractivity contribution in [3.8, 4) is 0 Å². The van der Waals surface area contributed by atoms with Crippen molar-refractivity contribution in [3.63, 3.8) is 0 Å². The van der Waals surface area contributed by atoms with Crippen LogP contribution in [-0.2, 0) is 30.8 Å². The number of nitrogens with one attached hydrogen (secondary N) is 2. The molecule has 3 amide bonds. The molecule has 2 aromatic carbocycles. The van der Waals surface area contributed by atoms with E-state index in [2.05, 4.69) is 10.6 Å². The first-order valence-electron chi connectivity index (χ1n) is 13.9. The maximum Gasteiger partial charge on any atom is 0.492 e. The molecule has 1 atom stereocenters. The van der Waals surface area contributed by atoms with Crippen LogP contribution in [0.4, 0.5) is 18.9 Å². The van der Waals surface area contributed by atoms with Crippen molar-refractivity contribution in [2.75, 3.05) is 44.3 Å². The average molecular weight is 641 g/mol. The number of thioether (sulfide) groups is 1. The van der Waals surface area contributed by atoms with Gasteiger partial charge in [0.2, 0.25) is 17.7 Å². The molecule has 0 spiro atoms. The third kappa shape index (κ3) is 11.1. The van der Waals surface area contributed by atoms with Gasteiger partial charge in [-0.05, 0) is 73.9 Å². The zero-order valence-electron chi connectivity index (χ0n) is 24.9. The maximum atomic E-state index is 12.2. The topological polar surface area (TPSA) is 186 Å². The number of benzene rings is 2. The second kappa shape index (κ2) is 16.8. The normalized spacial score (nSPS) is 14.2. The first-order chi connectivity index (χ1) is 20.6. The van der Waals surface area contributed by atoms with Crippen LogP contribution in [0.3, 0.4) is 0 Å². The minimum atomic E-state index is -4.23. The van der Waals surface area contributed by atoms with Crippen molar-refractivity contribution in [2.24, 2.45) is 17.2 Å². The molecule has 3 rings (SSSR count). The fourth-order valence-corrected chi connectivity index (χ4v) is 4.73. The zero-order chi connectivity index (χ0) is 33.1. The molecule has 0 bridgehead atoms. The van der Waals surface area contributed by atoms with E-state index in [1.54, 1.807) is 18.2 Å². The van der Waals surface area contributed by atoms with E-state index in [0.29, 0.717) is 37.3 Å². The minimum absolute atomic E-state index is 0.0800. The molecular formula is C28H40BF3N6O5S. The van der Waals surface area contributed by atoms with Crippen LogP contribution in [0.5, 0.6) is 0 Å². The van der Waals surface area contributed by atoms with Crippen molar-refractivity contribution >= 4 is 47.8 Å². The highest BCUT2D eigenvalue weighted by molar-refractivity contribution is 7.98. The Morgan fingerprint density at radius 2 is 1.70 bits per heavy atom. The summed E-state index contributed by atoms with van der Waals surface area (Å²) in [5, 5.41) is 15.2. The van der Waals surface area contributed by atoms with E-state index in [1.165, 1.54) is 28.8 Å². The third-order valence-corrected chi connectivity index (χ3v) is 7.40. The second-order valence-corrected chi connectivity index (χ2v) is 11.3. The summed E-state index contributed by atoms with van der Waals surface area (Å²) >= 11 is 1.42. The lowest BCUT2D eigenvalue weighted by Gasteiger charge is -2.22. The molecule has 2 aromatic rings. The zero-order valence-corrected chi connectivity index (χ0v) is 25.8. The number of anilines is 1. The number of alkyl halides is 3. The molecule has 242 valence electrons. The number of amides is 3. The molecule has 0 aliphatic carbocycles. The molecular weight excluding hydrogens is 600 g/mol. The number of hydrogen-bond donors (Lipinski definition) is 6. The largest absolute Gasteiger partial charge is 0.492 e. The van der Waals surface area contributed by atoms with Gasteiger partial charge in [-0.25, -0.2) is 0 Å². The molecule has 0 saturated carbocycles. The van der Waals surface area contributed by atoms with E-state index < -0.39 is 42.3 Å². The lowest BCUT2D eigenvalue weighted by molar-refractivity contribution is -0.137. The Morgan fingerprint density at radius 3 is 2.25 bits per heavy atom. The van der Waals surface area contributed by atoms with Crippen molar-refractivity contribution in [1.82, 2.24) is 10.2 Å². The van der Waals surface area contributed by atoms with Gasteiger partial charge in [0.15, 0.2) is 0 Å². The van der Waals surface area contributed by atoms with Crippen LogP contribution in [0.25, 0.3) is 0 Å². The molecule has 1 aliphatic rings. The van der Waals surface area contributed by atoms with Crippen LogP contribution in [0.15, 0.2) is 47.4 Å². The number of fused-ring (bicyclic) bond motifs is 1. The van der Waals surface area contributed by atoms with Gasteiger partial charge in [0, 0.05) is 43.2 Å². The van der Waals surface area contributed by atoms with Gasteiger partial charge in [0.25, 0.3) is 0 Å². The van der Waals surface area contributed by atoms with Gasteiger partial charge in [0.1, 0.15) is 0 Å². The summed E-state index contributed by atoms with van der Waals surface area (Å²) in [6, 6.07) is 9.30. The molecule has 16 heteroatoms. The Kier molecular flexibility index (Phi) is 14.1. The molecule has 0 aromatic heterocycles. The van der Waals surface area contributed by atoms with Crippen molar-refractivity contribution in [1.29, 1.82) is 0 Å². The van der Waals surface area contributed by atoms with Crippen molar-refractivity contribution in [3.05, 3.63) is 53.6 Å². The monoisotopic (exact) mass is 640 g/mol. The molecule has 11 nitrogen and oxygen atoms in total. The molecule has 44 heavy (non-hydrogen) atoms. The summed E-state index contributed by atoms with van der Waals surface area (Å²) in [4.78, 5) is 38.9. The van der Waals surface area contributed by atoms with Crippen LogP contribution in [0.1, 0.15) is 37.8 Å². The molecule has 1 heterocycles. The second-order valence-electron chi connectivity index (χ2n) is 10.4. The highest BCUT2D eigenvalue weighted by Gasteiger charge is 2.40. The summed E-state index contributed by atoms with van der Waals surface area (Å²) in [6.07, 6.45) is -2.19. The number of hydrogen-bond acceptors (Lipinski definition) is 9. The highest BCUT2D eigenvalue weighted by Crippen LogP contribution is 2.31. The molecule has 9 N–H and O–H groups in total. The summed E-state index contributed by atoms with van der Waals surface area (Å²) in [7, 11) is -1.07. The Bertz CT molecular complexity index is 1260. The Morgan fingerprint density at radius 1 is 1.09 bits per heavy atom. The van der Waals surface area contributed by atoms with Gasteiger partial charge < -0.3 is 42.4 Å².